The van der Waals surface area contributed by atoms with Gasteiger partial charge < -0.3 is 0 Å². The molecule has 0 aliphatic heterocycles. The smallest absolute Gasteiger partial charge is 0.104 e. The average Bonchev–Trinajstić information content (AvgIpc) is 2.27. The molecule has 0 aliphatic carbocycles. The van der Waals surface area contributed by atoms with E-state index in [1.807, 2.05) is 24.4 Å². The topological polar surface area (TPSA) is 12.9 Å². The minimum atomic E-state index is 0.650. The van der Waals surface area contributed by atoms with E-state index < -0.39 is 0 Å². The largest absolute Gasteiger partial charge is 0.249 e. The van der Waals surface area contributed by atoms with Crippen LogP contribution in [0.15, 0.2) is 40.0 Å². The number of hydrogen-bond acceptors (Lipinski definition) is 2. The van der Waals surface area contributed by atoms with Crippen molar-refractivity contribution in [3.63, 3.8) is 0 Å². The Morgan fingerprint density at radius 3 is 2.93 bits per heavy atom. The van der Waals surface area contributed by atoms with E-state index in [0.29, 0.717) is 5.88 Å². The second kappa shape index (κ2) is 5.19. The van der Waals surface area contributed by atoms with Crippen molar-refractivity contribution < 1.29 is 0 Å². The Labute approximate surface area is 106 Å². The first kappa shape index (κ1) is 11.2. The third kappa shape index (κ3) is 2.47. The van der Waals surface area contributed by atoms with Gasteiger partial charge in [-0.25, -0.2) is 4.98 Å². The van der Waals surface area contributed by atoms with Crippen LogP contribution >= 0.6 is 39.3 Å². The van der Waals surface area contributed by atoms with E-state index in [9.17, 15) is 0 Å². The summed E-state index contributed by atoms with van der Waals surface area (Å²) in [5, 5.41) is 3.43. The van der Waals surface area contributed by atoms with Crippen molar-refractivity contribution in [3.05, 3.63) is 34.9 Å². The van der Waals surface area contributed by atoms with Crippen molar-refractivity contribution in [2.45, 2.75) is 5.03 Å². The highest BCUT2D eigenvalue weighted by Gasteiger charge is 2.04. The van der Waals surface area contributed by atoms with E-state index in [1.165, 1.54) is 10.8 Å². The fourth-order valence-corrected chi connectivity index (χ4v) is 2.86. The summed E-state index contributed by atoms with van der Waals surface area (Å²) in [6.45, 7) is 0. The Balaban J connectivity index is 2.51. The molecular weight excluding hydrogens is 294 g/mol. The minimum Gasteiger partial charge on any atom is -0.249 e. The molecule has 0 saturated carbocycles. The number of rotatable bonds is 3. The quantitative estimate of drug-likeness (QED) is 0.618. The summed E-state index contributed by atoms with van der Waals surface area (Å²) in [4.78, 5) is 4.37. The van der Waals surface area contributed by atoms with Crippen LogP contribution in [0.2, 0.25) is 0 Å². The Hall–Kier alpha value is -0.250. The van der Waals surface area contributed by atoms with Gasteiger partial charge in [0.05, 0.1) is 0 Å². The number of fused-ring (bicyclic) bond motifs is 1. The van der Waals surface area contributed by atoms with Crippen LogP contribution in [-0.2, 0) is 0 Å². The van der Waals surface area contributed by atoms with Crippen molar-refractivity contribution in [2.75, 3.05) is 11.6 Å². The molecule has 1 nitrogen and oxygen atoms in total. The maximum Gasteiger partial charge on any atom is 0.104 e. The minimum absolute atomic E-state index is 0.650. The monoisotopic (exact) mass is 301 g/mol. The molecule has 0 amide bonds. The summed E-state index contributed by atoms with van der Waals surface area (Å²) in [5.41, 5.74) is 0. The van der Waals surface area contributed by atoms with Gasteiger partial charge in [0, 0.05) is 33.1 Å². The molecule has 0 atom stereocenters. The molecule has 0 aliphatic rings. The predicted molar refractivity (Wildman–Crippen MR) is 70.9 cm³/mol. The van der Waals surface area contributed by atoms with Crippen LogP contribution in [0.3, 0.4) is 0 Å². The lowest BCUT2D eigenvalue weighted by atomic mass is 10.2. The molecule has 0 spiro atoms. The third-order valence-corrected chi connectivity index (χ3v) is 4.14. The first-order valence-corrected chi connectivity index (χ1v) is 6.86. The zero-order chi connectivity index (χ0) is 10.7. The number of benzene rings is 1. The van der Waals surface area contributed by atoms with Gasteiger partial charge in [0.25, 0.3) is 0 Å². The van der Waals surface area contributed by atoms with Gasteiger partial charge in [0.2, 0.25) is 0 Å². The normalized spacial score (nSPS) is 10.8. The molecule has 0 N–H and O–H groups in total. The number of aromatic nitrogens is 1. The molecule has 0 bridgehead atoms. The van der Waals surface area contributed by atoms with E-state index >= 15 is 0 Å². The molecule has 1 aromatic carbocycles. The molecule has 0 radical (unpaired) electrons. The lowest BCUT2D eigenvalue weighted by Crippen LogP contribution is -1.86. The molecule has 15 heavy (non-hydrogen) atoms. The molecule has 78 valence electrons. The van der Waals surface area contributed by atoms with Gasteiger partial charge in [0.1, 0.15) is 5.03 Å². The molecule has 2 rings (SSSR count). The number of nitrogens with zero attached hydrogens (tertiary/aromatic N) is 1. The fourth-order valence-electron chi connectivity index (χ4n) is 1.39. The lowest BCUT2D eigenvalue weighted by molar-refractivity contribution is 1.17. The van der Waals surface area contributed by atoms with Crippen molar-refractivity contribution in [1.82, 2.24) is 4.98 Å². The molecule has 1 aromatic heterocycles. The van der Waals surface area contributed by atoms with E-state index in [-0.39, 0.29) is 0 Å². The van der Waals surface area contributed by atoms with Gasteiger partial charge in [-0.05, 0) is 12.1 Å². The highest BCUT2D eigenvalue weighted by Crippen LogP contribution is 2.30. The van der Waals surface area contributed by atoms with Gasteiger partial charge in [0.15, 0.2) is 0 Å². The first-order valence-electron chi connectivity index (χ1n) is 4.55. The van der Waals surface area contributed by atoms with Gasteiger partial charge in [-0.15, -0.1) is 23.4 Å². The van der Waals surface area contributed by atoms with Crippen molar-refractivity contribution in [3.8, 4) is 0 Å². The van der Waals surface area contributed by atoms with Crippen LogP contribution in [0.25, 0.3) is 10.8 Å². The van der Waals surface area contributed by atoms with Crippen LogP contribution in [0, 0.1) is 0 Å². The summed E-state index contributed by atoms with van der Waals surface area (Å²) in [6.07, 6.45) is 1.84. The van der Waals surface area contributed by atoms with Gasteiger partial charge in [-0.3, -0.25) is 0 Å². The van der Waals surface area contributed by atoms with Crippen molar-refractivity contribution in [2.24, 2.45) is 0 Å². The maximum atomic E-state index is 5.68. The fraction of sp³-hybridized carbons (Fsp3) is 0.182. The second-order valence-electron chi connectivity index (χ2n) is 2.99. The summed E-state index contributed by atoms with van der Waals surface area (Å²) in [5.74, 6) is 1.54. The standard InChI is InChI=1S/C11H9BrClNS/c12-10-3-1-2-9-8(10)4-6-14-11(9)15-7-5-13/h1-4,6H,5,7H2. The zero-order valence-corrected chi connectivity index (χ0v) is 11.1. The molecule has 0 fully saturated rings. The highest BCUT2D eigenvalue weighted by atomic mass is 79.9. The van der Waals surface area contributed by atoms with Crippen LogP contribution < -0.4 is 0 Å². The summed E-state index contributed by atoms with van der Waals surface area (Å²) in [6, 6.07) is 8.17. The van der Waals surface area contributed by atoms with Crippen molar-refractivity contribution in [1.29, 1.82) is 0 Å². The molecular formula is C11H9BrClNS. The second-order valence-corrected chi connectivity index (χ2v) is 5.30. The maximum absolute atomic E-state index is 5.68. The number of hydrogen-bond donors (Lipinski definition) is 0. The Bertz CT molecular complexity index is 475. The number of alkyl halides is 1. The Kier molecular flexibility index (Phi) is 3.89. The van der Waals surface area contributed by atoms with Crippen LogP contribution in [0.1, 0.15) is 0 Å². The SMILES string of the molecule is ClCCSc1nccc2c(Br)cccc12. The van der Waals surface area contributed by atoms with Crippen LogP contribution in [0.5, 0.6) is 0 Å². The molecule has 2 aromatic rings. The van der Waals surface area contributed by atoms with Gasteiger partial charge >= 0.3 is 0 Å². The average molecular weight is 303 g/mol. The zero-order valence-electron chi connectivity index (χ0n) is 7.91. The predicted octanol–water partition coefficient (Wildman–Crippen LogP) is 4.33. The number of pyridine rings is 1. The molecule has 1 heterocycles. The molecule has 0 saturated heterocycles. The number of thioether (sulfide) groups is 1. The van der Waals surface area contributed by atoms with E-state index in [2.05, 4.69) is 27.0 Å². The third-order valence-electron chi connectivity index (χ3n) is 2.03. The molecule has 4 heteroatoms. The van der Waals surface area contributed by atoms with E-state index in [0.717, 1.165) is 15.3 Å². The summed E-state index contributed by atoms with van der Waals surface area (Å²) < 4.78 is 1.11. The Morgan fingerprint density at radius 1 is 1.27 bits per heavy atom. The highest BCUT2D eigenvalue weighted by molar-refractivity contribution is 9.10. The van der Waals surface area contributed by atoms with Gasteiger partial charge in [-0.2, -0.15) is 0 Å². The van der Waals surface area contributed by atoms with E-state index in [4.69, 9.17) is 11.6 Å². The Morgan fingerprint density at radius 2 is 2.13 bits per heavy atom. The van der Waals surface area contributed by atoms with Gasteiger partial charge in [-0.1, -0.05) is 28.1 Å². The molecule has 0 unspecified atom stereocenters. The van der Waals surface area contributed by atoms with Crippen molar-refractivity contribution >= 4 is 50.1 Å². The first-order chi connectivity index (χ1) is 7.33. The van der Waals surface area contributed by atoms with Crippen LogP contribution in [0.4, 0.5) is 0 Å². The lowest BCUT2D eigenvalue weighted by Gasteiger charge is -2.05. The number of halogens is 2. The van der Waals surface area contributed by atoms with Crippen LogP contribution in [-0.4, -0.2) is 16.6 Å². The van der Waals surface area contributed by atoms with E-state index in [1.54, 1.807) is 11.8 Å². The summed E-state index contributed by atoms with van der Waals surface area (Å²) >= 11 is 10.9. The summed E-state index contributed by atoms with van der Waals surface area (Å²) in [7, 11) is 0.